The summed E-state index contributed by atoms with van der Waals surface area (Å²) in [7, 11) is 1.65. The highest BCUT2D eigenvalue weighted by Gasteiger charge is 2.09. The molecule has 2 aromatic rings. The van der Waals surface area contributed by atoms with Crippen LogP contribution >= 0.6 is 0 Å². The zero-order valence-corrected chi connectivity index (χ0v) is 12.3. The maximum absolute atomic E-state index is 10.5. The summed E-state index contributed by atoms with van der Waals surface area (Å²) in [5.74, 6) is 0.862. The first-order chi connectivity index (χ1) is 10.1. The smallest absolute Gasteiger partial charge is 0.303 e. The van der Waals surface area contributed by atoms with E-state index in [0.29, 0.717) is 6.42 Å². The predicted octanol–water partition coefficient (Wildman–Crippen LogP) is 3.30. The second-order valence-corrected chi connectivity index (χ2v) is 5.05. The number of hydrogen-bond acceptors (Lipinski definition) is 4. The molecular weight excluding hydrogens is 268 g/mol. The average Bonchev–Trinajstić information content (AvgIpc) is 2.46. The summed E-state index contributed by atoms with van der Waals surface area (Å²) in [6.07, 6.45) is 3.38. The molecule has 0 spiro atoms. The maximum atomic E-state index is 10.5. The number of nitrogens with one attached hydrogen (secondary N) is 1. The molecule has 0 saturated carbocycles. The molecule has 1 aromatic carbocycles. The molecule has 112 valence electrons. The topological polar surface area (TPSA) is 71.5 Å². The van der Waals surface area contributed by atoms with E-state index in [0.717, 1.165) is 28.8 Å². The lowest BCUT2D eigenvalue weighted by molar-refractivity contribution is -0.137. The van der Waals surface area contributed by atoms with Crippen molar-refractivity contribution in [3.8, 4) is 5.75 Å². The van der Waals surface area contributed by atoms with E-state index in [9.17, 15) is 4.79 Å². The molecule has 1 aromatic heterocycles. The van der Waals surface area contributed by atoms with Gasteiger partial charge in [0.2, 0.25) is 0 Å². The van der Waals surface area contributed by atoms with Crippen LogP contribution in [-0.2, 0) is 4.79 Å². The highest BCUT2D eigenvalue weighted by atomic mass is 16.5. The van der Waals surface area contributed by atoms with E-state index < -0.39 is 5.97 Å². The highest BCUT2D eigenvalue weighted by Crippen LogP contribution is 2.29. The molecular formula is C16H20N2O3. The van der Waals surface area contributed by atoms with Gasteiger partial charge in [0.1, 0.15) is 11.6 Å². The van der Waals surface area contributed by atoms with Crippen molar-refractivity contribution >= 4 is 22.6 Å². The van der Waals surface area contributed by atoms with Crippen LogP contribution in [-0.4, -0.2) is 29.2 Å². The van der Waals surface area contributed by atoms with Gasteiger partial charge in [0.15, 0.2) is 0 Å². The summed E-state index contributed by atoms with van der Waals surface area (Å²) in [5.41, 5.74) is 0. The van der Waals surface area contributed by atoms with Gasteiger partial charge in [0.05, 0.1) is 7.11 Å². The summed E-state index contributed by atoms with van der Waals surface area (Å²) < 4.78 is 5.36. The Labute approximate surface area is 124 Å². The second kappa shape index (κ2) is 6.92. The third kappa shape index (κ3) is 3.84. The van der Waals surface area contributed by atoms with Crippen LogP contribution in [0.4, 0.5) is 5.82 Å². The van der Waals surface area contributed by atoms with Gasteiger partial charge in [-0.2, -0.15) is 0 Å². The van der Waals surface area contributed by atoms with Gasteiger partial charge in [-0.25, -0.2) is 4.98 Å². The van der Waals surface area contributed by atoms with E-state index in [1.165, 1.54) is 0 Å². The zero-order valence-electron chi connectivity index (χ0n) is 12.3. The quantitative estimate of drug-likeness (QED) is 0.818. The molecule has 0 saturated heterocycles. The van der Waals surface area contributed by atoms with Gasteiger partial charge in [-0.1, -0.05) is 12.1 Å². The van der Waals surface area contributed by atoms with Crippen molar-refractivity contribution < 1.29 is 14.6 Å². The first-order valence-corrected chi connectivity index (χ1v) is 7.02. The van der Waals surface area contributed by atoms with Crippen molar-refractivity contribution in [2.45, 2.75) is 32.2 Å². The van der Waals surface area contributed by atoms with Crippen LogP contribution in [0.3, 0.4) is 0 Å². The fourth-order valence-electron chi connectivity index (χ4n) is 2.34. The number of carboxylic acids is 1. The van der Waals surface area contributed by atoms with E-state index in [4.69, 9.17) is 9.84 Å². The lowest BCUT2D eigenvalue weighted by atomic mass is 10.1. The van der Waals surface area contributed by atoms with Crippen LogP contribution in [0.25, 0.3) is 10.8 Å². The van der Waals surface area contributed by atoms with Gasteiger partial charge < -0.3 is 15.2 Å². The molecule has 2 rings (SSSR count). The Morgan fingerprint density at radius 1 is 1.38 bits per heavy atom. The highest BCUT2D eigenvalue weighted by molar-refractivity contribution is 5.95. The van der Waals surface area contributed by atoms with E-state index in [1.54, 1.807) is 13.3 Å². The number of carboxylic acid groups (broad SMARTS) is 1. The number of methoxy groups -OCH3 is 1. The van der Waals surface area contributed by atoms with Gasteiger partial charge in [0.25, 0.3) is 0 Å². The van der Waals surface area contributed by atoms with Crippen LogP contribution in [0.15, 0.2) is 30.5 Å². The lowest BCUT2D eigenvalue weighted by Gasteiger charge is -2.16. The summed E-state index contributed by atoms with van der Waals surface area (Å²) in [5, 5.41) is 14.0. The van der Waals surface area contributed by atoms with Crippen LogP contribution in [0.1, 0.15) is 26.2 Å². The summed E-state index contributed by atoms with van der Waals surface area (Å²) in [6, 6.07) is 7.94. The van der Waals surface area contributed by atoms with Crippen molar-refractivity contribution in [3.63, 3.8) is 0 Å². The van der Waals surface area contributed by atoms with Crippen molar-refractivity contribution in [1.82, 2.24) is 4.98 Å². The Morgan fingerprint density at radius 3 is 2.90 bits per heavy atom. The summed E-state index contributed by atoms with van der Waals surface area (Å²) in [4.78, 5) is 14.9. The Morgan fingerprint density at radius 2 is 2.19 bits per heavy atom. The molecule has 21 heavy (non-hydrogen) atoms. The number of hydrogen-bond donors (Lipinski definition) is 2. The van der Waals surface area contributed by atoms with Crippen molar-refractivity contribution in [1.29, 1.82) is 0 Å². The fraction of sp³-hybridized carbons (Fsp3) is 0.375. The number of benzene rings is 1. The number of aliphatic carboxylic acids is 1. The minimum Gasteiger partial charge on any atom is -0.496 e. The molecule has 0 aliphatic rings. The van der Waals surface area contributed by atoms with E-state index in [2.05, 4.69) is 10.3 Å². The standard InChI is InChI=1S/C16H20N2O3/c1-11(5-3-8-15(19)20)18-16-13-6-4-7-14(21-2)12(13)9-10-17-16/h4,6-7,9-11H,3,5,8H2,1-2H3,(H,17,18)(H,19,20). The van der Waals surface area contributed by atoms with Crippen LogP contribution in [0, 0.1) is 0 Å². The second-order valence-electron chi connectivity index (χ2n) is 5.05. The third-order valence-corrected chi connectivity index (χ3v) is 3.40. The molecule has 0 fully saturated rings. The average molecular weight is 288 g/mol. The molecule has 0 amide bonds. The third-order valence-electron chi connectivity index (χ3n) is 3.40. The number of pyridine rings is 1. The SMILES string of the molecule is COc1cccc2c(NC(C)CCCC(=O)O)nccc12. The van der Waals surface area contributed by atoms with E-state index in [-0.39, 0.29) is 12.5 Å². The number of carbonyl (C=O) groups is 1. The zero-order chi connectivity index (χ0) is 15.2. The Kier molecular flexibility index (Phi) is 4.98. The Balaban J connectivity index is 2.13. The number of fused-ring (bicyclic) bond motifs is 1. The molecule has 5 nitrogen and oxygen atoms in total. The lowest BCUT2D eigenvalue weighted by Crippen LogP contribution is -2.16. The molecule has 5 heteroatoms. The molecule has 1 unspecified atom stereocenters. The van der Waals surface area contributed by atoms with Crippen molar-refractivity contribution in [3.05, 3.63) is 30.5 Å². The van der Waals surface area contributed by atoms with Gasteiger partial charge >= 0.3 is 5.97 Å². The number of ether oxygens (including phenoxy) is 1. The van der Waals surface area contributed by atoms with E-state index in [1.807, 2.05) is 31.2 Å². The van der Waals surface area contributed by atoms with Crippen molar-refractivity contribution in [2.24, 2.45) is 0 Å². The van der Waals surface area contributed by atoms with Crippen LogP contribution in [0.5, 0.6) is 5.75 Å². The largest absolute Gasteiger partial charge is 0.496 e. The summed E-state index contributed by atoms with van der Waals surface area (Å²) in [6.45, 7) is 2.03. The van der Waals surface area contributed by atoms with Gasteiger partial charge in [0, 0.05) is 29.4 Å². The number of nitrogens with zero attached hydrogens (tertiary/aromatic N) is 1. The van der Waals surface area contributed by atoms with E-state index >= 15 is 0 Å². The maximum Gasteiger partial charge on any atom is 0.303 e. The van der Waals surface area contributed by atoms with Crippen LogP contribution < -0.4 is 10.1 Å². The normalized spacial score (nSPS) is 12.1. The number of rotatable bonds is 7. The molecule has 1 atom stereocenters. The Hall–Kier alpha value is -2.30. The molecule has 0 aliphatic heterocycles. The minimum absolute atomic E-state index is 0.161. The molecule has 2 N–H and O–H groups in total. The first kappa shape index (κ1) is 15.1. The monoisotopic (exact) mass is 288 g/mol. The molecule has 1 heterocycles. The number of anilines is 1. The number of aromatic nitrogens is 1. The van der Waals surface area contributed by atoms with Crippen LogP contribution in [0.2, 0.25) is 0 Å². The molecule has 0 radical (unpaired) electrons. The van der Waals surface area contributed by atoms with Crippen molar-refractivity contribution in [2.75, 3.05) is 12.4 Å². The fourth-order valence-corrected chi connectivity index (χ4v) is 2.34. The molecule has 0 aliphatic carbocycles. The molecule has 0 bridgehead atoms. The Bertz CT molecular complexity index is 628. The predicted molar refractivity (Wildman–Crippen MR) is 82.9 cm³/mol. The van der Waals surface area contributed by atoms with Gasteiger partial charge in [-0.3, -0.25) is 4.79 Å². The summed E-state index contributed by atoms with van der Waals surface area (Å²) >= 11 is 0. The minimum atomic E-state index is -0.754. The van der Waals surface area contributed by atoms with Gasteiger partial charge in [-0.15, -0.1) is 0 Å². The van der Waals surface area contributed by atoms with Gasteiger partial charge in [-0.05, 0) is 31.9 Å². The first-order valence-electron chi connectivity index (χ1n) is 7.02.